The largest absolute Gasteiger partial charge is 0.380 e. The third-order valence-corrected chi connectivity index (χ3v) is 3.61. The van der Waals surface area contributed by atoms with Gasteiger partial charge in [-0.05, 0) is 13.3 Å². The van der Waals surface area contributed by atoms with Gasteiger partial charge < -0.3 is 10.1 Å². The summed E-state index contributed by atoms with van der Waals surface area (Å²) < 4.78 is 7.10. The number of carbonyl (C=O) groups excluding carboxylic acids is 1. The van der Waals surface area contributed by atoms with Gasteiger partial charge in [-0.3, -0.25) is 9.89 Å². The standard InChI is InChI=1S/C14H21ClN6O2/c1-4-9-12(13(15)19-18-9)14-17-10(8-11(22)16-3)20-21(14)6-7-23-5-2/h4-8H2,1-3H3,(H,16,22)(H,18,19). The lowest BCUT2D eigenvalue weighted by atomic mass is 10.2. The van der Waals surface area contributed by atoms with Crippen LogP contribution in [0.1, 0.15) is 25.4 Å². The van der Waals surface area contributed by atoms with Crippen LogP contribution in [0.5, 0.6) is 0 Å². The molecule has 2 N–H and O–H groups in total. The molecule has 126 valence electrons. The number of halogens is 1. The van der Waals surface area contributed by atoms with Crippen LogP contribution in [-0.2, 0) is 28.9 Å². The lowest BCUT2D eigenvalue weighted by Crippen LogP contribution is -2.20. The summed E-state index contributed by atoms with van der Waals surface area (Å²) in [6, 6.07) is 0. The van der Waals surface area contributed by atoms with Crippen LogP contribution in [0.25, 0.3) is 11.4 Å². The fourth-order valence-electron chi connectivity index (χ4n) is 2.17. The molecule has 0 aliphatic heterocycles. The Balaban J connectivity index is 2.38. The average Bonchev–Trinajstić information content (AvgIpc) is 3.10. The van der Waals surface area contributed by atoms with Gasteiger partial charge in [-0.25, -0.2) is 9.67 Å². The van der Waals surface area contributed by atoms with E-state index in [0.717, 1.165) is 17.7 Å². The Morgan fingerprint density at radius 1 is 1.43 bits per heavy atom. The monoisotopic (exact) mass is 340 g/mol. The van der Waals surface area contributed by atoms with Crippen molar-refractivity contribution in [3.05, 3.63) is 16.7 Å². The third kappa shape index (κ3) is 4.08. The van der Waals surface area contributed by atoms with E-state index in [2.05, 4.69) is 25.6 Å². The number of amides is 1. The molecule has 1 amide bonds. The molecular formula is C14H21ClN6O2. The van der Waals surface area contributed by atoms with Gasteiger partial charge in [0.05, 0.1) is 25.1 Å². The molecule has 2 heterocycles. The molecule has 9 heteroatoms. The Morgan fingerprint density at radius 2 is 2.22 bits per heavy atom. The second kappa shape index (κ2) is 8.07. The molecule has 0 spiro atoms. The quantitative estimate of drug-likeness (QED) is 0.704. The molecule has 0 bridgehead atoms. The predicted octanol–water partition coefficient (Wildman–Crippen LogP) is 1.21. The van der Waals surface area contributed by atoms with Gasteiger partial charge in [0.25, 0.3) is 0 Å². The number of nitrogens with zero attached hydrogens (tertiary/aromatic N) is 4. The van der Waals surface area contributed by atoms with Gasteiger partial charge >= 0.3 is 0 Å². The zero-order valence-electron chi connectivity index (χ0n) is 13.5. The number of aromatic amines is 1. The fourth-order valence-corrected chi connectivity index (χ4v) is 2.41. The van der Waals surface area contributed by atoms with E-state index in [1.807, 2.05) is 13.8 Å². The van der Waals surface area contributed by atoms with Crippen molar-refractivity contribution in [1.29, 1.82) is 0 Å². The molecule has 0 aliphatic carbocycles. The number of rotatable bonds is 8. The number of nitrogens with one attached hydrogen (secondary N) is 2. The van der Waals surface area contributed by atoms with Gasteiger partial charge in [0.15, 0.2) is 16.8 Å². The van der Waals surface area contributed by atoms with E-state index in [0.29, 0.717) is 36.6 Å². The first-order valence-electron chi connectivity index (χ1n) is 7.55. The van der Waals surface area contributed by atoms with E-state index in [9.17, 15) is 4.79 Å². The van der Waals surface area contributed by atoms with Crippen LogP contribution in [0.4, 0.5) is 0 Å². The van der Waals surface area contributed by atoms with Crippen molar-refractivity contribution < 1.29 is 9.53 Å². The lowest BCUT2D eigenvalue weighted by Gasteiger charge is -2.06. The lowest BCUT2D eigenvalue weighted by molar-refractivity contribution is -0.120. The maximum atomic E-state index is 11.6. The van der Waals surface area contributed by atoms with Crippen molar-refractivity contribution in [3.8, 4) is 11.4 Å². The van der Waals surface area contributed by atoms with Crippen molar-refractivity contribution in [2.24, 2.45) is 0 Å². The van der Waals surface area contributed by atoms with Crippen molar-refractivity contribution in [1.82, 2.24) is 30.3 Å². The summed E-state index contributed by atoms with van der Waals surface area (Å²) in [7, 11) is 1.58. The van der Waals surface area contributed by atoms with Crippen LogP contribution in [-0.4, -0.2) is 51.1 Å². The van der Waals surface area contributed by atoms with Gasteiger partial charge in [-0.2, -0.15) is 10.2 Å². The Kier molecular flexibility index (Phi) is 6.12. The minimum Gasteiger partial charge on any atom is -0.380 e. The first-order valence-corrected chi connectivity index (χ1v) is 7.93. The van der Waals surface area contributed by atoms with Crippen LogP contribution in [0.2, 0.25) is 5.15 Å². The van der Waals surface area contributed by atoms with Gasteiger partial charge in [0.2, 0.25) is 5.91 Å². The number of aromatic nitrogens is 5. The molecule has 23 heavy (non-hydrogen) atoms. The van der Waals surface area contributed by atoms with E-state index >= 15 is 0 Å². The molecule has 0 aliphatic rings. The number of H-pyrrole nitrogens is 1. The Labute approximate surface area is 139 Å². The zero-order chi connectivity index (χ0) is 16.8. The zero-order valence-corrected chi connectivity index (χ0v) is 14.3. The summed E-state index contributed by atoms with van der Waals surface area (Å²) >= 11 is 6.20. The number of aryl methyl sites for hydroxylation is 1. The molecule has 0 radical (unpaired) electrons. The number of likely N-dealkylation sites (N-methyl/N-ethyl adjacent to an activating group) is 1. The number of ether oxygens (including phenoxy) is 1. The van der Waals surface area contributed by atoms with E-state index in [1.165, 1.54) is 0 Å². The molecule has 2 aromatic heterocycles. The molecule has 0 fully saturated rings. The Morgan fingerprint density at radius 3 is 2.87 bits per heavy atom. The van der Waals surface area contributed by atoms with Crippen molar-refractivity contribution in [3.63, 3.8) is 0 Å². The summed E-state index contributed by atoms with van der Waals surface area (Å²) in [6.45, 7) is 5.58. The molecule has 0 saturated heterocycles. The highest BCUT2D eigenvalue weighted by Gasteiger charge is 2.21. The van der Waals surface area contributed by atoms with E-state index < -0.39 is 0 Å². The van der Waals surface area contributed by atoms with Crippen LogP contribution < -0.4 is 5.32 Å². The van der Waals surface area contributed by atoms with Crippen molar-refractivity contribution in [2.45, 2.75) is 33.2 Å². The Bertz CT molecular complexity index is 666. The van der Waals surface area contributed by atoms with Crippen molar-refractivity contribution in [2.75, 3.05) is 20.3 Å². The Hall–Kier alpha value is -1.93. The molecule has 0 saturated carbocycles. The molecule has 2 rings (SSSR count). The second-order valence-corrected chi connectivity index (χ2v) is 5.20. The summed E-state index contributed by atoms with van der Waals surface area (Å²) in [5.74, 6) is 0.891. The van der Waals surface area contributed by atoms with Crippen LogP contribution in [0.15, 0.2) is 0 Å². The highest BCUT2D eigenvalue weighted by molar-refractivity contribution is 6.32. The first kappa shape index (κ1) is 17.4. The van der Waals surface area contributed by atoms with E-state index in [-0.39, 0.29) is 12.3 Å². The molecule has 0 atom stereocenters. The highest BCUT2D eigenvalue weighted by atomic mass is 35.5. The molecule has 0 aromatic carbocycles. The van der Waals surface area contributed by atoms with Crippen molar-refractivity contribution >= 4 is 17.5 Å². The highest BCUT2D eigenvalue weighted by Crippen LogP contribution is 2.28. The predicted molar refractivity (Wildman–Crippen MR) is 86.3 cm³/mol. The number of hydrogen-bond acceptors (Lipinski definition) is 5. The topological polar surface area (TPSA) is 97.7 Å². The normalized spacial score (nSPS) is 11.0. The van der Waals surface area contributed by atoms with E-state index in [4.69, 9.17) is 16.3 Å². The smallest absolute Gasteiger partial charge is 0.227 e. The van der Waals surface area contributed by atoms with Crippen LogP contribution >= 0.6 is 11.6 Å². The van der Waals surface area contributed by atoms with Crippen LogP contribution in [0, 0.1) is 0 Å². The van der Waals surface area contributed by atoms with Gasteiger partial charge in [-0.1, -0.05) is 18.5 Å². The van der Waals surface area contributed by atoms with Gasteiger partial charge in [0.1, 0.15) is 0 Å². The molecule has 2 aromatic rings. The number of carbonyl (C=O) groups is 1. The average molecular weight is 341 g/mol. The summed E-state index contributed by atoms with van der Waals surface area (Å²) in [6.07, 6.45) is 0.847. The number of hydrogen-bond donors (Lipinski definition) is 2. The molecule has 8 nitrogen and oxygen atoms in total. The summed E-state index contributed by atoms with van der Waals surface area (Å²) in [5.41, 5.74) is 1.60. The maximum absolute atomic E-state index is 11.6. The van der Waals surface area contributed by atoms with Crippen LogP contribution in [0.3, 0.4) is 0 Å². The molecule has 0 unspecified atom stereocenters. The summed E-state index contributed by atoms with van der Waals surface area (Å²) in [4.78, 5) is 16.0. The maximum Gasteiger partial charge on any atom is 0.227 e. The minimum absolute atomic E-state index is 0.113. The fraction of sp³-hybridized carbons (Fsp3) is 0.571. The van der Waals surface area contributed by atoms with Gasteiger partial charge in [-0.15, -0.1) is 0 Å². The third-order valence-electron chi connectivity index (χ3n) is 3.34. The van der Waals surface area contributed by atoms with E-state index in [1.54, 1.807) is 11.7 Å². The first-order chi connectivity index (χ1) is 11.1. The molecular weight excluding hydrogens is 320 g/mol. The van der Waals surface area contributed by atoms with Gasteiger partial charge in [0, 0.05) is 19.3 Å². The SMILES string of the molecule is CCOCCn1nc(CC(=O)NC)nc1-c1c(Cl)n[nH]c1CC. The minimum atomic E-state index is -0.146. The second-order valence-electron chi connectivity index (χ2n) is 4.84. The summed E-state index contributed by atoms with van der Waals surface area (Å²) in [5, 5.41) is 14.3.